The number of benzene rings is 1. The minimum Gasteiger partial charge on any atom is -0.494 e. The van der Waals surface area contributed by atoms with Crippen LogP contribution in [0.5, 0.6) is 5.75 Å². The van der Waals surface area contributed by atoms with Crippen molar-refractivity contribution in [3.8, 4) is 23.1 Å². The number of nitro groups is 1. The summed E-state index contributed by atoms with van der Waals surface area (Å²) >= 11 is 0.0993. The first-order chi connectivity index (χ1) is 15.6. The van der Waals surface area contributed by atoms with E-state index >= 15 is 0 Å². The highest BCUT2D eigenvalue weighted by Gasteiger charge is 2.36. The van der Waals surface area contributed by atoms with E-state index in [2.05, 4.69) is 15.5 Å². The van der Waals surface area contributed by atoms with Crippen molar-refractivity contribution in [2.24, 2.45) is 0 Å². The highest BCUT2D eigenvalue weighted by atomic mass is 32.1. The second-order valence-electron chi connectivity index (χ2n) is 6.11. The van der Waals surface area contributed by atoms with E-state index in [1.165, 1.54) is 30.3 Å². The molecule has 0 radical (unpaired) electrons. The van der Waals surface area contributed by atoms with Crippen molar-refractivity contribution in [3.63, 3.8) is 0 Å². The predicted octanol–water partition coefficient (Wildman–Crippen LogP) is 4.67. The first-order valence-corrected chi connectivity index (χ1v) is 9.79. The molecule has 2 heterocycles. The Hall–Kier alpha value is -4.25. The third-order valence-electron chi connectivity index (χ3n) is 3.91. The molecule has 3 rings (SSSR count). The van der Waals surface area contributed by atoms with E-state index in [4.69, 9.17) is 9.15 Å². The lowest BCUT2D eigenvalue weighted by Crippen LogP contribution is -2.13. The maximum Gasteiger partial charge on any atom is 0.445 e. The molecule has 14 heteroatoms. The molecular weight excluding hydrogens is 467 g/mol. The number of carbonyl (C=O) groups is 1. The smallest absolute Gasteiger partial charge is 0.445 e. The second kappa shape index (κ2) is 9.49. The van der Waals surface area contributed by atoms with Gasteiger partial charge in [-0.15, -0.1) is 10.2 Å². The quantitative estimate of drug-likeness (QED) is 0.223. The molecule has 2 aromatic heterocycles. The van der Waals surface area contributed by atoms with Crippen LogP contribution in [0, 0.1) is 21.4 Å². The minimum atomic E-state index is -4.72. The molecule has 0 bridgehead atoms. The van der Waals surface area contributed by atoms with E-state index in [9.17, 15) is 33.3 Å². The summed E-state index contributed by atoms with van der Waals surface area (Å²) in [6.45, 7) is 2.05. The lowest BCUT2D eigenvalue weighted by Gasteiger charge is -2.05. The molecule has 0 spiro atoms. The highest BCUT2D eigenvalue weighted by molar-refractivity contribution is 7.15. The zero-order chi connectivity index (χ0) is 24.2. The van der Waals surface area contributed by atoms with Crippen molar-refractivity contribution in [2.75, 3.05) is 11.9 Å². The van der Waals surface area contributed by atoms with Crippen LogP contribution < -0.4 is 10.1 Å². The molecule has 0 fully saturated rings. The maximum absolute atomic E-state index is 12.6. The Morgan fingerprint density at radius 1 is 1.36 bits per heavy atom. The summed E-state index contributed by atoms with van der Waals surface area (Å²) < 4.78 is 48.6. The average Bonchev–Trinajstić information content (AvgIpc) is 3.41. The Morgan fingerprint density at radius 2 is 2.12 bits per heavy atom. The number of carbonyl (C=O) groups excluding carboxylic acids is 1. The largest absolute Gasteiger partial charge is 0.494 e. The van der Waals surface area contributed by atoms with Gasteiger partial charge in [0.15, 0.2) is 0 Å². The maximum atomic E-state index is 12.6. The van der Waals surface area contributed by atoms with Gasteiger partial charge in [-0.1, -0.05) is 11.3 Å². The second-order valence-corrected chi connectivity index (χ2v) is 7.08. The SMILES string of the molecule is CCOc1ccc(-c2ccc(/C=C(/C#N)C(=O)Nc3nnc(C(F)(F)F)s3)o2)c([N+](=O)[O-])c1. The van der Waals surface area contributed by atoms with E-state index in [-0.39, 0.29) is 34.1 Å². The number of nitro benzene ring substituents is 1. The van der Waals surface area contributed by atoms with Crippen LogP contribution in [0.15, 0.2) is 40.3 Å². The fourth-order valence-corrected chi connectivity index (χ4v) is 3.15. The molecule has 0 unspecified atom stereocenters. The van der Waals surface area contributed by atoms with E-state index in [1.54, 1.807) is 13.0 Å². The number of nitrogens with zero attached hydrogens (tertiary/aromatic N) is 4. The number of hydrogen-bond donors (Lipinski definition) is 1. The van der Waals surface area contributed by atoms with Crippen LogP contribution in [0.25, 0.3) is 17.4 Å². The molecule has 10 nitrogen and oxygen atoms in total. The number of nitriles is 1. The number of alkyl halides is 3. The number of halogens is 3. The van der Waals surface area contributed by atoms with Crippen LogP contribution >= 0.6 is 11.3 Å². The molecule has 0 atom stereocenters. The summed E-state index contributed by atoms with van der Waals surface area (Å²) in [6, 6.07) is 8.57. The molecule has 1 N–H and O–H groups in total. The van der Waals surface area contributed by atoms with Crippen LogP contribution in [0.3, 0.4) is 0 Å². The number of rotatable bonds is 7. The third-order valence-corrected chi connectivity index (χ3v) is 4.79. The Morgan fingerprint density at radius 3 is 2.73 bits per heavy atom. The van der Waals surface area contributed by atoms with Crippen molar-refractivity contribution >= 4 is 34.1 Å². The molecule has 0 saturated heterocycles. The zero-order valence-electron chi connectivity index (χ0n) is 16.5. The molecule has 0 aliphatic carbocycles. The number of nitrogens with one attached hydrogen (secondary N) is 1. The summed E-state index contributed by atoms with van der Waals surface area (Å²) in [4.78, 5) is 23.1. The summed E-state index contributed by atoms with van der Waals surface area (Å²) in [7, 11) is 0. The monoisotopic (exact) mass is 479 g/mol. The van der Waals surface area contributed by atoms with Crippen LogP contribution in [-0.4, -0.2) is 27.6 Å². The average molecular weight is 479 g/mol. The third kappa shape index (κ3) is 5.52. The van der Waals surface area contributed by atoms with Gasteiger partial charge in [0.25, 0.3) is 11.6 Å². The van der Waals surface area contributed by atoms with Gasteiger partial charge in [0.1, 0.15) is 28.9 Å². The molecule has 0 saturated carbocycles. The summed E-state index contributed by atoms with van der Waals surface area (Å²) in [5.41, 5.74) is -0.638. The Balaban J connectivity index is 1.84. The van der Waals surface area contributed by atoms with Crippen molar-refractivity contribution in [1.29, 1.82) is 5.26 Å². The molecule has 1 amide bonds. The number of hydrogen-bond acceptors (Lipinski definition) is 9. The fraction of sp³-hybridized carbons (Fsp3) is 0.158. The van der Waals surface area contributed by atoms with Crippen LogP contribution in [0.2, 0.25) is 0 Å². The topological polar surface area (TPSA) is 144 Å². The van der Waals surface area contributed by atoms with Gasteiger partial charge in [-0.3, -0.25) is 20.2 Å². The van der Waals surface area contributed by atoms with Gasteiger partial charge in [0.05, 0.1) is 23.2 Å². The van der Waals surface area contributed by atoms with Crippen molar-refractivity contribution < 1.29 is 32.0 Å². The van der Waals surface area contributed by atoms with E-state index in [1.807, 2.05) is 0 Å². The van der Waals surface area contributed by atoms with Gasteiger partial charge < -0.3 is 9.15 Å². The summed E-state index contributed by atoms with van der Waals surface area (Å²) in [5, 5.41) is 27.2. The van der Waals surface area contributed by atoms with Crippen LogP contribution in [0.1, 0.15) is 17.7 Å². The van der Waals surface area contributed by atoms with Crippen molar-refractivity contribution in [1.82, 2.24) is 10.2 Å². The van der Waals surface area contributed by atoms with E-state index < -0.39 is 32.7 Å². The molecular formula is C19H12F3N5O5S. The van der Waals surface area contributed by atoms with Crippen molar-refractivity contribution in [3.05, 3.63) is 56.8 Å². The first-order valence-electron chi connectivity index (χ1n) is 8.97. The predicted molar refractivity (Wildman–Crippen MR) is 109 cm³/mol. The number of aromatic nitrogens is 2. The molecule has 33 heavy (non-hydrogen) atoms. The van der Waals surface area contributed by atoms with Gasteiger partial charge in [-0.25, -0.2) is 0 Å². The minimum absolute atomic E-state index is 0.00753. The molecule has 0 aliphatic rings. The Kier molecular flexibility index (Phi) is 6.73. The van der Waals surface area contributed by atoms with Gasteiger partial charge in [0.2, 0.25) is 10.1 Å². The number of anilines is 1. The van der Waals surface area contributed by atoms with Gasteiger partial charge in [-0.05, 0) is 31.2 Å². The normalized spacial score (nSPS) is 11.7. The molecule has 0 aliphatic heterocycles. The van der Waals surface area contributed by atoms with E-state index in [0.29, 0.717) is 12.4 Å². The molecule has 1 aromatic carbocycles. The number of ether oxygens (including phenoxy) is 1. The standard InChI is InChI=1S/C19H12F3N5O5S/c1-2-31-11-3-5-13(14(8-11)27(29)30)15-6-4-12(32-15)7-10(9-23)16(28)24-18-26-25-17(33-18)19(20,21)22/h3-8H,2H2,1H3,(H,24,26,28)/b10-7-. The Bertz CT molecular complexity index is 1280. The van der Waals surface area contributed by atoms with Crippen molar-refractivity contribution in [2.45, 2.75) is 13.1 Å². The van der Waals surface area contributed by atoms with E-state index in [0.717, 1.165) is 6.08 Å². The highest BCUT2D eigenvalue weighted by Crippen LogP contribution is 2.35. The van der Waals surface area contributed by atoms with Crippen LogP contribution in [0.4, 0.5) is 24.0 Å². The van der Waals surface area contributed by atoms with Gasteiger partial charge in [0, 0.05) is 6.08 Å². The molecule has 170 valence electrons. The molecule has 3 aromatic rings. The summed E-state index contributed by atoms with van der Waals surface area (Å²) in [5.74, 6) is -0.637. The first kappa shape index (κ1) is 23.4. The van der Waals surface area contributed by atoms with Crippen LogP contribution in [-0.2, 0) is 11.0 Å². The van der Waals surface area contributed by atoms with Gasteiger partial charge >= 0.3 is 6.18 Å². The Labute approximate surface area is 187 Å². The lowest BCUT2D eigenvalue weighted by atomic mass is 10.1. The zero-order valence-corrected chi connectivity index (χ0v) is 17.4. The number of furan rings is 1. The van der Waals surface area contributed by atoms with Gasteiger partial charge in [-0.2, -0.15) is 18.4 Å². The summed E-state index contributed by atoms with van der Waals surface area (Å²) in [6.07, 6.45) is -3.69. The fourth-order valence-electron chi connectivity index (χ4n) is 2.55. The lowest BCUT2D eigenvalue weighted by molar-refractivity contribution is -0.384. The number of amides is 1.